The fraction of sp³-hybridized carbons (Fsp3) is 0.588. The van der Waals surface area contributed by atoms with Crippen LogP contribution in [0.5, 0.6) is 0 Å². The number of rotatable bonds is 7. The number of hydrogen-bond acceptors (Lipinski definition) is 7. The van der Waals surface area contributed by atoms with E-state index in [1.54, 1.807) is 36.1 Å². The molecule has 242 valence electrons. The normalized spacial score (nSPS) is 34.9. The number of aromatic nitrogens is 2. The van der Waals surface area contributed by atoms with E-state index < -0.39 is 51.2 Å². The highest BCUT2D eigenvalue weighted by Gasteiger charge is 2.76. The summed E-state index contributed by atoms with van der Waals surface area (Å²) in [5.41, 5.74) is -1.95. The first-order chi connectivity index (χ1) is 21.4. The van der Waals surface area contributed by atoms with Crippen LogP contribution in [0.15, 0.2) is 36.0 Å². The van der Waals surface area contributed by atoms with E-state index in [-0.39, 0.29) is 31.1 Å². The molecule has 45 heavy (non-hydrogen) atoms. The smallest absolute Gasteiger partial charge is 0.306 e. The van der Waals surface area contributed by atoms with Gasteiger partial charge < -0.3 is 15.2 Å². The van der Waals surface area contributed by atoms with Crippen molar-refractivity contribution >= 4 is 34.8 Å². The van der Waals surface area contributed by atoms with E-state index >= 15 is 4.39 Å². The molecule has 3 fully saturated rings. The van der Waals surface area contributed by atoms with Gasteiger partial charge in [-0.05, 0) is 92.5 Å². The first-order valence-electron chi connectivity index (χ1n) is 15.8. The number of nitrogens with zero attached hydrogens (tertiary/aromatic N) is 2. The summed E-state index contributed by atoms with van der Waals surface area (Å²) in [6, 6.07) is 6.20. The molecular weight excluding hydrogens is 600 g/mol. The standard InChI is InChI=1S/C34H41F2N3O5S/c1-5-7-28(41)44-33(30(43)45-19-35)13-12-24-25-11-10-22-15-26-21(16-31(22,2)34(25,36)27(40)17-32(24,33)3)18-38-39(26)23-9-6-8-20(14-23)29(42)37-4/h6,8-9,14-15,18,24-25,27,40H,5,7,10-13,16-17,19H2,1-4H3,(H,37,42)/t24-,25-,27-,31-,32-,33-,34-/m0/s1. The van der Waals surface area contributed by atoms with Crippen molar-refractivity contribution in [2.45, 2.75) is 89.5 Å². The Morgan fingerprint density at radius 3 is 2.71 bits per heavy atom. The fourth-order valence-corrected chi connectivity index (χ4v) is 10.0. The molecule has 4 aliphatic rings. The predicted molar refractivity (Wildman–Crippen MR) is 167 cm³/mol. The third-order valence-corrected chi connectivity index (χ3v) is 12.2. The summed E-state index contributed by atoms with van der Waals surface area (Å²) < 4.78 is 39.4. The van der Waals surface area contributed by atoms with Crippen molar-refractivity contribution in [1.82, 2.24) is 15.1 Å². The van der Waals surface area contributed by atoms with Crippen LogP contribution in [0.1, 0.15) is 87.3 Å². The number of aliphatic hydroxyl groups is 1. The number of esters is 1. The minimum Gasteiger partial charge on any atom is -0.449 e. The number of ether oxygens (including phenoxy) is 1. The molecule has 4 aliphatic carbocycles. The maximum atomic E-state index is 18.1. The van der Waals surface area contributed by atoms with Crippen LogP contribution >= 0.6 is 11.8 Å². The number of aliphatic hydroxyl groups excluding tert-OH is 1. The molecule has 6 rings (SSSR count). The maximum absolute atomic E-state index is 18.1. The Hall–Kier alpha value is -3.05. The van der Waals surface area contributed by atoms with Crippen LogP contribution in [0.3, 0.4) is 0 Å². The van der Waals surface area contributed by atoms with Gasteiger partial charge in [0.25, 0.3) is 5.91 Å². The summed E-state index contributed by atoms with van der Waals surface area (Å²) >= 11 is 0.486. The molecule has 0 unspecified atom stereocenters. The number of thioether (sulfide) groups is 1. The minimum atomic E-state index is -2.01. The van der Waals surface area contributed by atoms with Crippen LogP contribution in [0, 0.1) is 22.7 Å². The second-order valence-corrected chi connectivity index (χ2v) is 14.4. The van der Waals surface area contributed by atoms with Crippen molar-refractivity contribution in [3.63, 3.8) is 0 Å². The Morgan fingerprint density at radius 2 is 2.00 bits per heavy atom. The Labute approximate surface area is 266 Å². The first-order valence-corrected chi connectivity index (χ1v) is 16.8. The zero-order valence-corrected chi connectivity index (χ0v) is 27.0. The quantitative estimate of drug-likeness (QED) is 0.371. The van der Waals surface area contributed by atoms with Gasteiger partial charge >= 0.3 is 5.97 Å². The zero-order valence-electron chi connectivity index (χ0n) is 26.2. The summed E-state index contributed by atoms with van der Waals surface area (Å²) in [7, 11) is 1.58. The van der Waals surface area contributed by atoms with Crippen molar-refractivity contribution in [3.05, 3.63) is 52.9 Å². The lowest BCUT2D eigenvalue weighted by Crippen LogP contribution is -2.70. The number of halogens is 2. The highest BCUT2D eigenvalue weighted by molar-refractivity contribution is 8.13. The fourth-order valence-electron chi connectivity index (χ4n) is 9.33. The SMILES string of the molecule is CCCC(=O)O[C@]1(C(=O)SCF)CC[C@H]2[C@@H]3CCC4=Cc5c(cnn5-c5cccc(C(=O)NC)c5)C[C@]4(C)[C@@]3(F)[C@@H](O)C[C@@]21C. The number of fused-ring (bicyclic) bond motifs is 6. The molecule has 8 nitrogen and oxygen atoms in total. The van der Waals surface area contributed by atoms with Gasteiger partial charge in [0, 0.05) is 35.8 Å². The van der Waals surface area contributed by atoms with Gasteiger partial charge in [0.05, 0.1) is 23.7 Å². The van der Waals surface area contributed by atoms with Crippen LogP contribution in [0.25, 0.3) is 11.8 Å². The molecule has 1 heterocycles. The van der Waals surface area contributed by atoms with E-state index in [1.165, 1.54) is 0 Å². The van der Waals surface area contributed by atoms with Crippen molar-refractivity contribution in [2.75, 3.05) is 13.1 Å². The van der Waals surface area contributed by atoms with Gasteiger partial charge in [0.2, 0.25) is 5.12 Å². The summed E-state index contributed by atoms with van der Waals surface area (Å²) in [5, 5.41) is 18.6. The molecule has 2 N–H and O–H groups in total. The molecule has 0 aliphatic heterocycles. The minimum absolute atomic E-state index is 0.0794. The third kappa shape index (κ3) is 4.47. The molecule has 1 aromatic carbocycles. The van der Waals surface area contributed by atoms with E-state index in [0.29, 0.717) is 55.1 Å². The number of hydrogen-bond donors (Lipinski definition) is 2. The van der Waals surface area contributed by atoms with Crippen LogP contribution in [0.4, 0.5) is 8.78 Å². The van der Waals surface area contributed by atoms with Gasteiger partial charge in [0.15, 0.2) is 5.60 Å². The van der Waals surface area contributed by atoms with Crippen molar-refractivity contribution in [2.24, 2.45) is 22.7 Å². The van der Waals surface area contributed by atoms with Crippen molar-refractivity contribution < 1.29 is 33.0 Å². The summed E-state index contributed by atoms with van der Waals surface area (Å²) in [4.78, 5) is 38.7. The molecule has 3 saturated carbocycles. The molecule has 0 bridgehead atoms. The van der Waals surface area contributed by atoms with Gasteiger partial charge in [-0.1, -0.05) is 32.4 Å². The van der Waals surface area contributed by atoms with Crippen molar-refractivity contribution in [1.29, 1.82) is 0 Å². The summed E-state index contributed by atoms with van der Waals surface area (Å²) in [5.74, 6) is -1.68. The third-order valence-electron chi connectivity index (χ3n) is 11.5. The largest absolute Gasteiger partial charge is 0.449 e. The highest BCUT2D eigenvalue weighted by atomic mass is 32.2. The number of nitrogens with one attached hydrogen (secondary N) is 1. The number of carbonyl (C=O) groups excluding carboxylic acids is 3. The van der Waals surface area contributed by atoms with Crippen molar-refractivity contribution in [3.8, 4) is 5.69 Å². The van der Waals surface area contributed by atoms with Gasteiger partial charge in [-0.2, -0.15) is 5.10 Å². The second kappa shape index (κ2) is 11.3. The molecule has 2 aromatic rings. The van der Waals surface area contributed by atoms with Crippen LogP contribution in [-0.4, -0.2) is 62.3 Å². The summed E-state index contributed by atoms with van der Waals surface area (Å²) in [6.45, 7) is 5.55. The van der Waals surface area contributed by atoms with E-state index in [2.05, 4.69) is 10.4 Å². The van der Waals surface area contributed by atoms with Crippen LogP contribution in [0.2, 0.25) is 0 Å². The zero-order chi connectivity index (χ0) is 32.4. The van der Waals surface area contributed by atoms with E-state index in [1.807, 2.05) is 32.9 Å². The van der Waals surface area contributed by atoms with Gasteiger partial charge in [-0.3, -0.25) is 14.4 Å². The van der Waals surface area contributed by atoms with E-state index in [0.717, 1.165) is 16.8 Å². The number of benzene rings is 1. The molecule has 1 amide bonds. The number of allylic oxidation sites excluding steroid dienone is 1. The van der Waals surface area contributed by atoms with Gasteiger partial charge in [-0.25, -0.2) is 13.5 Å². The van der Waals surface area contributed by atoms with Gasteiger partial charge in [-0.15, -0.1) is 0 Å². The van der Waals surface area contributed by atoms with E-state index in [4.69, 9.17) is 4.74 Å². The number of amides is 1. The Bertz CT molecular complexity index is 1580. The first kappa shape index (κ1) is 31.9. The average Bonchev–Trinajstić information content (AvgIpc) is 3.54. The van der Waals surface area contributed by atoms with E-state index in [9.17, 15) is 23.9 Å². The molecular formula is C34H41F2N3O5S. The highest BCUT2D eigenvalue weighted by Crippen LogP contribution is 2.71. The molecule has 7 atom stereocenters. The van der Waals surface area contributed by atoms with Gasteiger partial charge in [0.1, 0.15) is 11.7 Å². The average molecular weight is 642 g/mol. The molecule has 0 radical (unpaired) electrons. The number of alkyl halides is 2. The second-order valence-electron chi connectivity index (χ2n) is 13.6. The lowest BCUT2D eigenvalue weighted by molar-refractivity contribution is -0.228. The summed E-state index contributed by atoms with van der Waals surface area (Å²) in [6.07, 6.45) is 4.84. The monoisotopic (exact) mass is 641 g/mol. The Morgan fingerprint density at radius 1 is 1.22 bits per heavy atom. The lowest BCUT2D eigenvalue weighted by atomic mass is 9.44. The molecule has 0 spiro atoms. The Balaban J connectivity index is 1.37. The lowest BCUT2D eigenvalue weighted by Gasteiger charge is -2.63. The maximum Gasteiger partial charge on any atom is 0.306 e. The van der Waals surface area contributed by atoms with Crippen LogP contribution in [-0.2, 0) is 20.7 Å². The molecule has 11 heteroatoms. The predicted octanol–water partition coefficient (Wildman–Crippen LogP) is 5.75. The van der Waals surface area contributed by atoms with Crippen LogP contribution < -0.4 is 5.32 Å². The topological polar surface area (TPSA) is 111 Å². The molecule has 0 saturated heterocycles. The number of carbonyl (C=O) groups is 3. The Kier molecular flexibility index (Phi) is 8.04. The molecule has 1 aromatic heterocycles.